The van der Waals surface area contributed by atoms with Crippen molar-refractivity contribution in [2.24, 2.45) is 0 Å². The lowest BCUT2D eigenvalue weighted by atomic mass is 10.2. The van der Waals surface area contributed by atoms with Gasteiger partial charge in [-0.1, -0.05) is 19.3 Å². The number of terminal acetylenes is 1. The largest absolute Gasteiger partial charge is 0.494 e. The molecule has 0 aliphatic carbocycles. The van der Waals surface area contributed by atoms with Gasteiger partial charge in [-0.25, -0.2) is 0 Å². The fourth-order valence-electron chi connectivity index (χ4n) is 1.27. The van der Waals surface area contributed by atoms with Crippen molar-refractivity contribution in [2.75, 3.05) is 13.2 Å². The van der Waals surface area contributed by atoms with Gasteiger partial charge in [-0.2, -0.15) is 0 Å². The molecule has 0 aliphatic heterocycles. The average molecular weight is 231 g/mol. The van der Waals surface area contributed by atoms with Crippen LogP contribution < -0.4 is 10.1 Å². The topological polar surface area (TPSA) is 38.3 Å². The van der Waals surface area contributed by atoms with E-state index >= 15 is 0 Å². The maximum Gasteiger partial charge on any atom is 0.252 e. The minimum atomic E-state index is -0.164. The first-order valence-corrected chi connectivity index (χ1v) is 5.72. The van der Waals surface area contributed by atoms with Gasteiger partial charge in [0.25, 0.3) is 5.91 Å². The molecule has 0 atom stereocenters. The van der Waals surface area contributed by atoms with Crippen molar-refractivity contribution in [3.63, 3.8) is 0 Å². The quantitative estimate of drug-likeness (QED) is 0.602. The van der Waals surface area contributed by atoms with Crippen LogP contribution in [0.25, 0.3) is 0 Å². The summed E-state index contributed by atoms with van der Waals surface area (Å²) in [6, 6.07) is 7.04. The second-order valence-electron chi connectivity index (χ2n) is 3.61. The molecule has 3 heteroatoms. The van der Waals surface area contributed by atoms with Crippen molar-refractivity contribution in [3.05, 3.63) is 29.8 Å². The molecule has 0 aliphatic rings. The van der Waals surface area contributed by atoms with Crippen LogP contribution in [0.5, 0.6) is 5.75 Å². The molecule has 1 amide bonds. The number of carbonyl (C=O) groups excluding carboxylic acids is 1. The average Bonchev–Trinajstić information content (AvgIpc) is 2.37. The summed E-state index contributed by atoms with van der Waals surface area (Å²) in [4.78, 5) is 11.5. The van der Waals surface area contributed by atoms with E-state index in [1.54, 1.807) is 24.3 Å². The predicted molar refractivity (Wildman–Crippen MR) is 68.0 cm³/mol. The van der Waals surface area contributed by atoms with Crippen LogP contribution in [0.1, 0.15) is 30.1 Å². The van der Waals surface area contributed by atoms with Gasteiger partial charge in [0.05, 0.1) is 13.2 Å². The first-order chi connectivity index (χ1) is 8.27. The third kappa shape index (κ3) is 4.60. The van der Waals surface area contributed by atoms with E-state index in [1.807, 2.05) is 0 Å². The van der Waals surface area contributed by atoms with E-state index in [1.165, 1.54) is 0 Å². The van der Waals surface area contributed by atoms with Gasteiger partial charge >= 0.3 is 0 Å². The second kappa shape index (κ2) is 7.34. The SMILES string of the molecule is C#CCNC(=O)c1ccc(OCCCC)cc1. The Bertz CT molecular complexity index is 390. The van der Waals surface area contributed by atoms with E-state index in [2.05, 4.69) is 18.2 Å². The van der Waals surface area contributed by atoms with E-state index < -0.39 is 0 Å². The number of unbranched alkanes of at least 4 members (excludes halogenated alkanes) is 1. The zero-order valence-corrected chi connectivity index (χ0v) is 10.0. The van der Waals surface area contributed by atoms with E-state index in [4.69, 9.17) is 11.2 Å². The molecular formula is C14H17NO2. The summed E-state index contributed by atoms with van der Waals surface area (Å²) >= 11 is 0. The maximum absolute atomic E-state index is 11.5. The molecule has 0 fully saturated rings. The van der Waals surface area contributed by atoms with Gasteiger partial charge in [-0.05, 0) is 30.7 Å². The third-order valence-electron chi connectivity index (χ3n) is 2.23. The molecule has 3 nitrogen and oxygen atoms in total. The Morgan fingerprint density at radius 3 is 2.71 bits per heavy atom. The Hall–Kier alpha value is -1.95. The molecule has 1 aromatic rings. The van der Waals surface area contributed by atoms with Gasteiger partial charge in [-0.15, -0.1) is 6.42 Å². The minimum absolute atomic E-state index is 0.164. The molecule has 0 heterocycles. The zero-order chi connectivity index (χ0) is 12.5. The lowest BCUT2D eigenvalue weighted by molar-refractivity contribution is 0.0958. The van der Waals surface area contributed by atoms with Crippen molar-refractivity contribution < 1.29 is 9.53 Å². The zero-order valence-electron chi connectivity index (χ0n) is 10.0. The Morgan fingerprint density at radius 2 is 2.12 bits per heavy atom. The number of nitrogens with one attached hydrogen (secondary N) is 1. The summed E-state index contributed by atoms with van der Waals surface area (Å²) in [5.74, 6) is 2.98. The highest BCUT2D eigenvalue weighted by atomic mass is 16.5. The minimum Gasteiger partial charge on any atom is -0.494 e. The summed E-state index contributed by atoms with van der Waals surface area (Å²) < 4.78 is 5.50. The van der Waals surface area contributed by atoms with E-state index in [9.17, 15) is 4.79 Å². The van der Waals surface area contributed by atoms with Crippen LogP contribution >= 0.6 is 0 Å². The number of carbonyl (C=O) groups is 1. The number of benzene rings is 1. The summed E-state index contributed by atoms with van der Waals surface area (Å²) in [5.41, 5.74) is 0.586. The summed E-state index contributed by atoms with van der Waals surface area (Å²) in [6.45, 7) is 3.06. The molecule has 0 aromatic heterocycles. The smallest absolute Gasteiger partial charge is 0.252 e. The third-order valence-corrected chi connectivity index (χ3v) is 2.23. The molecule has 0 saturated carbocycles. The predicted octanol–water partition coefficient (Wildman–Crippen LogP) is 2.23. The molecule has 17 heavy (non-hydrogen) atoms. The fourth-order valence-corrected chi connectivity index (χ4v) is 1.27. The summed E-state index contributed by atoms with van der Waals surface area (Å²) in [5, 5.41) is 2.60. The Balaban J connectivity index is 2.50. The van der Waals surface area contributed by atoms with Crippen molar-refractivity contribution in [2.45, 2.75) is 19.8 Å². The van der Waals surface area contributed by atoms with Crippen LogP contribution in [-0.2, 0) is 0 Å². The number of ether oxygens (including phenoxy) is 1. The van der Waals surface area contributed by atoms with E-state index in [0.717, 1.165) is 18.6 Å². The maximum atomic E-state index is 11.5. The fraction of sp³-hybridized carbons (Fsp3) is 0.357. The Morgan fingerprint density at radius 1 is 1.41 bits per heavy atom. The molecule has 0 spiro atoms. The lowest BCUT2D eigenvalue weighted by Crippen LogP contribution is -2.23. The van der Waals surface area contributed by atoms with Crippen LogP contribution in [-0.4, -0.2) is 19.1 Å². The molecule has 1 aromatic carbocycles. The first-order valence-electron chi connectivity index (χ1n) is 5.72. The summed E-state index contributed by atoms with van der Waals surface area (Å²) in [7, 11) is 0. The van der Waals surface area contributed by atoms with Crippen LogP contribution in [0, 0.1) is 12.3 Å². The van der Waals surface area contributed by atoms with Crippen molar-refractivity contribution in [1.82, 2.24) is 5.32 Å². The van der Waals surface area contributed by atoms with Crippen molar-refractivity contribution >= 4 is 5.91 Å². The van der Waals surface area contributed by atoms with Crippen LogP contribution in [0.15, 0.2) is 24.3 Å². The molecule has 0 radical (unpaired) electrons. The normalized spacial score (nSPS) is 9.41. The van der Waals surface area contributed by atoms with Gasteiger partial charge in [0.2, 0.25) is 0 Å². The highest BCUT2D eigenvalue weighted by Crippen LogP contribution is 2.12. The first kappa shape index (κ1) is 13.1. The molecule has 0 unspecified atom stereocenters. The lowest BCUT2D eigenvalue weighted by Gasteiger charge is -2.06. The second-order valence-corrected chi connectivity index (χ2v) is 3.61. The van der Waals surface area contributed by atoms with Crippen molar-refractivity contribution in [3.8, 4) is 18.1 Å². The number of hydrogen-bond acceptors (Lipinski definition) is 2. The molecule has 90 valence electrons. The van der Waals surface area contributed by atoms with E-state index in [-0.39, 0.29) is 12.5 Å². The van der Waals surface area contributed by atoms with E-state index in [0.29, 0.717) is 12.2 Å². The Labute approximate surface area is 102 Å². The number of amides is 1. The highest BCUT2D eigenvalue weighted by molar-refractivity contribution is 5.94. The standard InChI is InChI=1S/C14H17NO2/c1-3-5-11-17-13-8-6-12(7-9-13)14(16)15-10-4-2/h2,6-9H,3,5,10-11H2,1H3,(H,15,16). The highest BCUT2D eigenvalue weighted by Gasteiger charge is 2.03. The molecular weight excluding hydrogens is 214 g/mol. The molecule has 0 bridgehead atoms. The van der Waals surface area contributed by atoms with Gasteiger partial charge in [-0.3, -0.25) is 4.79 Å². The van der Waals surface area contributed by atoms with Gasteiger partial charge in [0.1, 0.15) is 5.75 Å². The number of hydrogen-bond donors (Lipinski definition) is 1. The molecule has 0 saturated heterocycles. The van der Waals surface area contributed by atoms with Gasteiger partial charge < -0.3 is 10.1 Å². The van der Waals surface area contributed by atoms with Gasteiger partial charge in [0, 0.05) is 5.56 Å². The Kier molecular flexibility index (Phi) is 5.67. The van der Waals surface area contributed by atoms with Crippen LogP contribution in [0.4, 0.5) is 0 Å². The number of rotatable bonds is 6. The van der Waals surface area contributed by atoms with Crippen molar-refractivity contribution in [1.29, 1.82) is 0 Å². The van der Waals surface area contributed by atoms with Crippen LogP contribution in [0.3, 0.4) is 0 Å². The van der Waals surface area contributed by atoms with Gasteiger partial charge in [0.15, 0.2) is 0 Å². The summed E-state index contributed by atoms with van der Waals surface area (Å²) in [6.07, 6.45) is 7.20. The monoisotopic (exact) mass is 231 g/mol. The molecule has 1 N–H and O–H groups in total. The molecule has 1 rings (SSSR count). The van der Waals surface area contributed by atoms with Crippen LogP contribution in [0.2, 0.25) is 0 Å².